The molecule has 0 saturated heterocycles. The Morgan fingerprint density at radius 1 is 1.17 bits per heavy atom. The maximum atomic E-state index is 13.3. The molecule has 152 valence electrons. The predicted octanol–water partition coefficient (Wildman–Crippen LogP) is 3.22. The number of carbonyl (C=O) groups excluding carboxylic acids is 1. The van der Waals surface area contributed by atoms with Gasteiger partial charge in [0, 0.05) is 0 Å². The summed E-state index contributed by atoms with van der Waals surface area (Å²) in [4.78, 5) is 15.8. The molecule has 3 aromatic rings. The zero-order valence-electron chi connectivity index (χ0n) is 15.5. The monoisotopic (exact) mass is 406 g/mol. The minimum absolute atomic E-state index is 0.154. The zero-order chi connectivity index (χ0) is 21.0. The van der Waals surface area contributed by atoms with Crippen molar-refractivity contribution in [2.24, 2.45) is 5.10 Å². The summed E-state index contributed by atoms with van der Waals surface area (Å²) in [7, 11) is 2.98. The Hall–Kier alpha value is -3.56. The van der Waals surface area contributed by atoms with Gasteiger partial charge < -0.3 is 14.0 Å². The van der Waals surface area contributed by atoms with Crippen molar-refractivity contribution in [3.8, 4) is 11.5 Å². The first kappa shape index (κ1) is 20.2. The molecule has 3 rings (SSSR count). The van der Waals surface area contributed by atoms with Crippen LogP contribution in [-0.2, 0) is 17.5 Å². The van der Waals surface area contributed by atoms with Crippen LogP contribution in [0.5, 0.6) is 11.5 Å². The topological polar surface area (TPSA) is 77.7 Å². The van der Waals surface area contributed by atoms with Crippen molar-refractivity contribution in [1.82, 2.24) is 15.0 Å². The largest absolute Gasteiger partial charge is 0.493 e. The van der Waals surface area contributed by atoms with Crippen LogP contribution in [0.25, 0.3) is 11.0 Å². The molecule has 2 aromatic carbocycles. The Kier molecular flexibility index (Phi) is 5.71. The summed E-state index contributed by atoms with van der Waals surface area (Å²) in [5, 5.41) is 3.79. The van der Waals surface area contributed by atoms with Crippen molar-refractivity contribution < 1.29 is 27.4 Å². The first-order valence-electron chi connectivity index (χ1n) is 8.40. The summed E-state index contributed by atoms with van der Waals surface area (Å²) in [6, 6.07) is 11.1. The molecule has 1 N–H and O–H groups in total. The summed E-state index contributed by atoms with van der Waals surface area (Å²) < 4.78 is 50.9. The zero-order valence-corrected chi connectivity index (χ0v) is 15.5. The fraction of sp³-hybridized carbons (Fsp3) is 0.211. The quantitative estimate of drug-likeness (QED) is 0.504. The molecule has 1 amide bonds. The number of rotatable bonds is 6. The highest BCUT2D eigenvalue weighted by Crippen LogP contribution is 2.31. The van der Waals surface area contributed by atoms with Crippen molar-refractivity contribution >= 4 is 23.2 Å². The fourth-order valence-electron chi connectivity index (χ4n) is 2.74. The van der Waals surface area contributed by atoms with Gasteiger partial charge in [-0.25, -0.2) is 10.4 Å². The number of halogens is 3. The number of nitrogens with zero attached hydrogens (tertiary/aromatic N) is 3. The van der Waals surface area contributed by atoms with Gasteiger partial charge in [-0.05, 0) is 35.9 Å². The van der Waals surface area contributed by atoms with Gasteiger partial charge in [-0.2, -0.15) is 18.3 Å². The van der Waals surface area contributed by atoms with E-state index >= 15 is 0 Å². The maximum Gasteiger partial charge on any atom is 0.449 e. The van der Waals surface area contributed by atoms with Crippen molar-refractivity contribution in [2.75, 3.05) is 14.2 Å². The molecule has 0 aliphatic carbocycles. The molecule has 1 aromatic heterocycles. The third-order valence-corrected chi connectivity index (χ3v) is 4.02. The first-order chi connectivity index (χ1) is 13.8. The lowest BCUT2D eigenvalue weighted by molar-refractivity contribution is -0.147. The summed E-state index contributed by atoms with van der Waals surface area (Å²) in [6.07, 6.45) is -3.35. The number of hydrogen-bond acceptors (Lipinski definition) is 5. The van der Waals surface area contributed by atoms with E-state index < -0.39 is 24.5 Å². The van der Waals surface area contributed by atoms with Crippen molar-refractivity contribution in [1.29, 1.82) is 0 Å². The number of aromatic nitrogens is 2. The Bertz CT molecular complexity index is 1060. The number of nitrogens with one attached hydrogen (secondary N) is 1. The average molecular weight is 406 g/mol. The molecular formula is C19H17F3N4O3. The van der Waals surface area contributed by atoms with E-state index in [2.05, 4.69) is 15.5 Å². The van der Waals surface area contributed by atoms with Crippen LogP contribution in [0.2, 0.25) is 0 Å². The molecular weight excluding hydrogens is 389 g/mol. The van der Waals surface area contributed by atoms with Gasteiger partial charge in [0.25, 0.3) is 5.91 Å². The summed E-state index contributed by atoms with van der Waals surface area (Å²) >= 11 is 0. The highest BCUT2D eigenvalue weighted by Gasteiger charge is 2.37. The van der Waals surface area contributed by atoms with E-state index in [1.54, 1.807) is 30.3 Å². The number of methoxy groups -OCH3 is 2. The second-order valence-electron chi connectivity index (χ2n) is 5.92. The molecule has 0 unspecified atom stereocenters. The summed E-state index contributed by atoms with van der Waals surface area (Å²) in [5.74, 6) is -0.865. The normalized spacial score (nSPS) is 11.8. The highest BCUT2D eigenvalue weighted by atomic mass is 19.4. The number of amides is 1. The average Bonchev–Trinajstić information content (AvgIpc) is 3.07. The maximum absolute atomic E-state index is 13.3. The van der Waals surface area contributed by atoms with Gasteiger partial charge in [-0.3, -0.25) is 4.79 Å². The standard InChI is InChI=1S/C19H17F3N4O3/c1-28-15-8-7-12(9-16(15)29-2)10-23-25-17(27)11-26-14-6-4-3-5-13(14)24-18(26)19(20,21)22/h3-10H,11H2,1-2H3,(H,25,27). The Balaban J connectivity index is 1.76. The van der Waals surface area contributed by atoms with Gasteiger partial charge in [0.05, 0.1) is 31.5 Å². The molecule has 0 spiro atoms. The van der Waals surface area contributed by atoms with Crippen molar-refractivity contribution in [3.63, 3.8) is 0 Å². The molecule has 1 heterocycles. The SMILES string of the molecule is COc1ccc(C=NNC(=O)Cn2c(C(F)(F)F)nc3ccccc32)cc1OC. The summed E-state index contributed by atoms with van der Waals surface area (Å²) in [5.41, 5.74) is 3.19. The molecule has 0 saturated carbocycles. The molecule has 0 aliphatic heterocycles. The molecule has 0 fully saturated rings. The van der Waals surface area contributed by atoms with Crippen LogP contribution in [0.4, 0.5) is 13.2 Å². The number of carbonyl (C=O) groups is 1. The number of hydrogen-bond donors (Lipinski definition) is 1. The van der Waals surface area contributed by atoms with Gasteiger partial charge in [-0.1, -0.05) is 12.1 Å². The van der Waals surface area contributed by atoms with E-state index in [0.29, 0.717) is 17.1 Å². The minimum atomic E-state index is -4.69. The first-order valence-corrected chi connectivity index (χ1v) is 8.40. The number of fused-ring (bicyclic) bond motifs is 1. The summed E-state index contributed by atoms with van der Waals surface area (Å²) in [6.45, 7) is -0.585. The Morgan fingerprint density at radius 2 is 1.90 bits per heavy atom. The Morgan fingerprint density at radius 3 is 2.59 bits per heavy atom. The molecule has 0 radical (unpaired) electrons. The van der Waals surface area contributed by atoms with Crippen molar-refractivity contribution in [3.05, 3.63) is 53.9 Å². The number of benzene rings is 2. The number of ether oxygens (including phenoxy) is 2. The van der Waals surface area contributed by atoms with Crippen LogP contribution in [0.15, 0.2) is 47.6 Å². The van der Waals surface area contributed by atoms with Crippen molar-refractivity contribution in [2.45, 2.75) is 12.7 Å². The van der Waals surface area contributed by atoms with Crippen LogP contribution in [0.3, 0.4) is 0 Å². The lowest BCUT2D eigenvalue weighted by atomic mass is 10.2. The van der Waals surface area contributed by atoms with Crippen LogP contribution < -0.4 is 14.9 Å². The van der Waals surface area contributed by atoms with Crippen LogP contribution >= 0.6 is 0 Å². The van der Waals surface area contributed by atoms with E-state index in [1.165, 1.54) is 32.6 Å². The number of para-hydroxylation sites is 2. The third-order valence-electron chi connectivity index (χ3n) is 4.02. The van der Waals surface area contributed by atoms with Gasteiger partial charge in [-0.15, -0.1) is 0 Å². The molecule has 0 bridgehead atoms. The van der Waals surface area contributed by atoms with E-state index in [-0.39, 0.29) is 11.0 Å². The smallest absolute Gasteiger partial charge is 0.449 e. The molecule has 29 heavy (non-hydrogen) atoms. The predicted molar refractivity (Wildman–Crippen MR) is 100 cm³/mol. The van der Waals surface area contributed by atoms with E-state index in [0.717, 1.165) is 4.57 Å². The second-order valence-corrected chi connectivity index (χ2v) is 5.92. The van der Waals surface area contributed by atoms with Crippen LogP contribution in [0.1, 0.15) is 11.4 Å². The van der Waals surface area contributed by atoms with Gasteiger partial charge in [0.1, 0.15) is 6.54 Å². The number of imidazole rings is 1. The van der Waals surface area contributed by atoms with E-state index in [9.17, 15) is 18.0 Å². The van der Waals surface area contributed by atoms with Gasteiger partial charge in [0.15, 0.2) is 11.5 Å². The van der Waals surface area contributed by atoms with Gasteiger partial charge >= 0.3 is 6.18 Å². The lowest BCUT2D eigenvalue weighted by Crippen LogP contribution is -2.26. The molecule has 0 atom stereocenters. The fourth-order valence-corrected chi connectivity index (χ4v) is 2.74. The Labute approximate surface area is 163 Å². The molecule has 10 heteroatoms. The second kappa shape index (κ2) is 8.21. The van der Waals surface area contributed by atoms with Crippen LogP contribution in [0, 0.1) is 0 Å². The molecule has 0 aliphatic rings. The van der Waals surface area contributed by atoms with E-state index in [4.69, 9.17) is 9.47 Å². The van der Waals surface area contributed by atoms with Gasteiger partial charge in [0.2, 0.25) is 5.82 Å². The van der Waals surface area contributed by atoms with Crippen LogP contribution in [-0.4, -0.2) is 35.9 Å². The lowest BCUT2D eigenvalue weighted by Gasteiger charge is -2.10. The highest BCUT2D eigenvalue weighted by molar-refractivity contribution is 5.84. The third kappa shape index (κ3) is 4.48. The van der Waals surface area contributed by atoms with E-state index in [1.807, 2.05) is 0 Å². The number of hydrazone groups is 1. The number of alkyl halides is 3. The molecule has 7 nitrogen and oxygen atoms in total. The minimum Gasteiger partial charge on any atom is -0.493 e.